The van der Waals surface area contributed by atoms with Gasteiger partial charge < -0.3 is 20.5 Å². The van der Waals surface area contributed by atoms with Crippen molar-refractivity contribution in [2.45, 2.75) is 25.5 Å². The monoisotopic (exact) mass is 320 g/mol. The second kappa shape index (κ2) is 9.24. The summed E-state index contributed by atoms with van der Waals surface area (Å²) in [6, 6.07) is 8.16. The highest BCUT2D eigenvalue weighted by Crippen LogP contribution is 2.08. The third-order valence-electron chi connectivity index (χ3n) is 3.07. The van der Waals surface area contributed by atoms with Crippen LogP contribution < -0.4 is 11.1 Å². The molecule has 23 heavy (non-hydrogen) atoms. The van der Waals surface area contributed by atoms with Crippen LogP contribution in [0.25, 0.3) is 0 Å². The van der Waals surface area contributed by atoms with Gasteiger partial charge in [0.15, 0.2) is 0 Å². The summed E-state index contributed by atoms with van der Waals surface area (Å²) in [7, 11) is 1.20. The summed E-state index contributed by atoms with van der Waals surface area (Å²) in [6.07, 6.45) is -0.461. The highest BCUT2D eigenvalue weighted by Gasteiger charge is 2.22. The molecule has 0 radical (unpaired) electrons. The molecule has 0 bridgehead atoms. The summed E-state index contributed by atoms with van der Waals surface area (Å²) in [6.45, 7) is 3.57. The molecular weight excluding hydrogens is 300 g/mol. The van der Waals surface area contributed by atoms with Crippen LogP contribution in [0, 0.1) is 0 Å². The van der Waals surface area contributed by atoms with Crippen molar-refractivity contribution >= 4 is 18.0 Å². The first-order valence-corrected chi connectivity index (χ1v) is 6.96. The molecule has 0 saturated heterocycles. The fourth-order valence-corrected chi connectivity index (χ4v) is 1.74. The van der Waals surface area contributed by atoms with Crippen molar-refractivity contribution in [2.75, 3.05) is 7.11 Å². The molecule has 0 aliphatic carbocycles. The van der Waals surface area contributed by atoms with E-state index >= 15 is 0 Å². The number of benzene rings is 1. The van der Waals surface area contributed by atoms with Crippen LogP contribution in [0.15, 0.2) is 42.5 Å². The second-order valence-corrected chi connectivity index (χ2v) is 4.79. The molecular formula is C16H20N2O5. The second-order valence-electron chi connectivity index (χ2n) is 4.79. The Morgan fingerprint density at radius 3 is 2.48 bits per heavy atom. The van der Waals surface area contributed by atoms with Crippen LogP contribution in [-0.2, 0) is 25.7 Å². The van der Waals surface area contributed by atoms with Crippen LogP contribution in [0.3, 0.4) is 0 Å². The molecule has 0 heterocycles. The lowest BCUT2D eigenvalue weighted by Gasteiger charge is -2.16. The third kappa shape index (κ3) is 6.64. The maximum Gasteiger partial charge on any atom is 0.408 e. The highest BCUT2D eigenvalue weighted by atomic mass is 16.6. The summed E-state index contributed by atoms with van der Waals surface area (Å²) in [4.78, 5) is 34.4. The third-order valence-corrected chi connectivity index (χ3v) is 3.07. The number of methoxy groups -OCH3 is 1. The maximum atomic E-state index is 11.8. The largest absolute Gasteiger partial charge is 0.467 e. The standard InChI is InChI=1S/C16H20N2O5/c1-11(14(17)19)8-9-13(15(20)22-2)18-16(21)23-10-12-6-4-3-5-7-12/h3-7,13H,1,8-10H2,2H3,(H2,17,19)(H,18,21)/t13-/m0/s1. The average molecular weight is 320 g/mol. The van der Waals surface area contributed by atoms with E-state index in [1.54, 1.807) is 0 Å². The number of ether oxygens (including phenoxy) is 2. The van der Waals surface area contributed by atoms with E-state index < -0.39 is 24.0 Å². The fraction of sp³-hybridized carbons (Fsp3) is 0.312. The van der Waals surface area contributed by atoms with E-state index in [-0.39, 0.29) is 25.0 Å². The van der Waals surface area contributed by atoms with Gasteiger partial charge in [0.2, 0.25) is 5.91 Å². The first kappa shape index (κ1) is 18.2. The van der Waals surface area contributed by atoms with Crippen LogP contribution in [0.5, 0.6) is 0 Å². The SMILES string of the molecule is C=C(CC[C@H](NC(=O)OCc1ccccc1)C(=O)OC)C(N)=O. The Morgan fingerprint density at radius 2 is 1.91 bits per heavy atom. The van der Waals surface area contributed by atoms with Crippen molar-refractivity contribution < 1.29 is 23.9 Å². The summed E-state index contributed by atoms with van der Waals surface area (Å²) in [5.41, 5.74) is 6.06. The minimum absolute atomic E-state index is 0.0779. The van der Waals surface area contributed by atoms with Crippen LogP contribution >= 0.6 is 0 Å². The van der Waals surface area contributed by atoms with Gasteiger partial charge in [0.05, 0.1) is 7.11 Å². The van der Waals surface area contributed by atoms with Crippen molar-refractivity contribution in [3.63, 3.8) is 0 Å². The number of nitrogens with one attached hydrogen (secondary N) is 1. The number of hydrogen-bond donors (Lipinski definition) is 2. The Morgan fingerprint density at radius 1 is 1.26 bits per heavy atom. The smallest absolute Gasteiger partial charge is 0.408 e. The zero-order valence-electron chi connectivity index (χ0n) is 12.9. The van der Waals surface area contributed by atoms with Crippen molar-refractivity contribution in [2.24, 2.45) is 5.73 Å². The molecule has 3 N–H and O–H groups in total. The van der Waals surface area contributed by atoms with Crippen molar-refractivity contribution in [1.29, 1.82) is 0 Å². The molecule has 0 unspecified atom stereocenters. The number of carbonyl (C=O) groups is 3. The number of carbonyl (C=O) groups excluding carboxylic acids is 3. The molecule has 7 nitrogen and oxygen atoms in total. The molecule has 0 spiro atoms. The lowest BCUT2D eigenvalue weighted by atomic mass is 10.1. The Hall–Kier alpha value is -2.83. The zero-order chi connectivity index (χ0) is 17.2. The number of rotatable bonds is 8. The Bertz CT molecular complexity index is 571. The first-order valence-electron chi connectivity index (χ1n) is 6.96. The van der Waals surface area contributed by atoms with Crippen molar-refractivity contribution in [3.05, 3.63) is 48.0 Å². The van der Waals surface area contributed by atoms with Gasteiger partial charge in [-0.05, 0) is 18.4 Å². The van der Waals surface area contributed by atoms with Gasteiger partial charge in [-0.25, -0.2) is 9.59 Å². The predicted molar refractivity (Wildman–Crippen MR) is 83.1 cm³/mol. The normalized spacial score (nSPS) is 11.2. The quantitative estimate of drug-likeness (QED) is 0.554. The van der Waals surface area contributed by atoms with Crippen LogP contribution in [0.4, 0.5) is 4.79 Å². The van der Waals surface area contributed by atoms with Gasteiger partial charge in [-0.2, -0.15) is 0 Å². The average Bonchev–Trinajstić information content (AvgIpc) is 2.56. The van der Waals surface area contributed by atoms with Crippen molar-refractivity contribution in [3.8, 4) is 0 Å². The van der Waals surface area contributed by atoms with Gasteiger partial charge >= 0.3 is 12.1 Å². The van der Waals surface area contributed by atoms with E-state index in [2.05, 4.69) is 16.6 Å². The lowest BCUT2D eigenvalue weighted by molar-refractivity contribution is -0.143. The van der Waals surface area contributed by atoms with E-state index in [1.807, 2.05) is 30.3 Å². The molecule has 2 amide bonds. The number of nitrogens with two attached hydrogens (primary N) is 1. The fourth-order valence-electron chi connectivity index (χ4n) is 1.74. The maximum absolute atomic E-state index is 11.8. The topological polar surface area (TPSA) is 108 Å². The highest BCUT2D eigenvalue weighted by molar-refractivity contribution is 5.91. The van der Waals surface area contributed by atoms with Crippen LogP contribution in [0.2, 0.25) is 0 Å². The molecule has 0 aliphatic rings. The number of alkyl carbamates (subject to hydrolysis) is 1. The zero-order valence-corrected chi connectivity index (χ0v) is 12.9. The molecule has 0 aromatic heterocycles. The Balaban J connectivity index is 2.52. The molecule has 1 aromatic rings. The van der Waals surface area contributed by atoms with E-state index in [9.17, 15) is 14.4 Å². The summed E-state index contributed by atoms with van der Waals surface area (Å²) < 4.78 is 9.65. The van der Waals surface area contributed by atoms with E-state index in [0.29, 0.717) is 0 Å². The lowest BCUT2D eigenvalue weighted by Crippen LogP contribution is -2.42. The predicted octanol–water partition coefficient (Wildman–Crippen LogP) is 1.28. The van der Waals surface area contributed by atoms with Gasteiger partial charge in [0, 0.05) is 5.57 Å². The van der Waals surface area contributed by atoms with E-state index in [0.717, 1.165) is 5.56 Å². The van der Waals surface area contributed by atoms with Gasteiger partial charge in [0.1, 0.15) is 12.6 Å². The minimum atomic E-state index is -0.945. The molecule has 1 rings (SSSR count). The number of hydrogen-bond acceptors (Lipinski definition) is 5. The Labute approximate surface area is 134 Å². The van der Waals surface area contributed by atoms with Crippen LogP contribution in [-0.4, -0.2) is 31.1 Å². The van der Waals surface area contributed by atoms with Gasteiger partial charge in [0.25, 0.3) is 0 Å². The number of primary amides is 1. The van der Waals surface area contributed by atoms with Gasteiger partial charge in [-0.3, -0.25) is 4.79 Å². The van der Waals surface area contributed by atoms with E-state index in [1.165, 1.54) is 7.11 Å². The molecule has 0 aliphatic heterocycles. The number of amides is 2. The Kier molecular flexibility index (Phi) is 7.32. The van der Waals surface area contributed by atoms with E-state index in [4.69, 9.17) is 10.5 Å². The first-order chi connectivity index (χ1) is 10.9. The molecule has 124 valence electrons. The minimum Gasteiger partial charge on any atom is -0.467 e. The number of esters is 1. The molecule has 1 atom stereocenters. The van der Waals surface area contributed by atoms with Gasteiger partial charge in [-0.1, -0.05) is 36.9 Å². The molecule has 0 saturated carbocycles. The molecule has 0 fully saturated rings. The summed E-state index contributed by atoms with van der Waals surface area (Å²) in [5, 5.41) is 2.40. The van der Waals surface area contributed by atoms with Gasteiger partial charge in [-0.15, -0.1) is 0 Å². The summed E-state index contributed by atoms with van der Waals surface area (Å²) >= 11 is 0. The summed E-state index contributed by atoms with van der Waals surface area (Å²) in [5.74, 6) is -1.29. The van der Waals surface area contributed by atoms with Crippen molar-refractivity contribution in [1.82, 2.24) is 5.32 Å². The molecule has 1 aromatic carbocycles. The van der Waals surface area contributed by atoms with Crippen LogP contribution in [0.1, 0.15) is 18.4 Å². The molecule has 7 heteroatoms.